The van der Waals surface area contributed by atoms with Gasteiger partial charge in [-0.2, -0.15) is 0 Å². The van der Waals surface area contributed by atoms with Crippen molar-refractivity contribution < 1.29 is 9.72 Å². The molecule has 1 amide bonds. The summed E-state index contributed by atoms with van der Waals surface area (Å²) >= 11 is 2.65. The zero-order valence-electron chi connectivity index (χ0n) is 12.4. The van der Waals surface area contributed by atoms with E-state index in [4.69, 9.17) is 5.73 Å². The topological polar surface area (TPSA) is 111 Å². The van der Waals surface area contributed by atoms with Crippen LogP contribution in [0, 0.1) is 17.0 Å². The Kier molecular flexibility index (Phi) is 6.08. The van der Waals surface area contributed by atoms with Crippen LogP contribution in [0.1, 0.15) is 22.5 Å². The Morgan fingerprint density at radius 1 is 1.52 bits per heavy atom. The van der Waals surface area contributed by atoms with Gasteiger partial charge in [-0.3, -0.25) is 14.9 Å². The van der Waals surface area contributed by atoms with Crippen LogP contribution < -0.4 is 11.1 Å². The average molecular weight is 352 g/mol. The quantitative estimate of drug-likeness (QED) is 0.450. The lowest BCUT2D eigenvalue weighted by atomic mass is 10.2. The number of thiazole rings is 1. The molecule has 122 valence electrons. The fraction of sp³-hybridized carbons (Fsp3) is 0.286. The Morgan fingerprint density at radius 2 is 2.30 bits per heavy atom. The van der Waals surface area contributed by atoms with Gasteiger partial charge in [0, 0.05) is 29.2 Å². The van der Waals surface area contributed by atoms with Crippen LogP contribution in [0.25, 0.3) is 0 Å². The van der Waals surface area contributed by atoms with Gasteiger partial charge in [0.05, 0.1) is 9.82 Å². The zero-order valence-corrected chi connectivity index (χ0v) is 14.1. The number of benzene rings is 1. The molecule has 3 N–H and O–H groups in total. The number of hydrogen-bond donors (Lipinski definition) is 2. The maximum Gasteiger partial charge on any atom is 0.284 e. The molecule has 0 unspecified atom stereocenters. The first-order valence-corrected chi connectivity index (χ1v) is 8.57. The summed E-state index contributed by atoms with van der Waals surface area (Å²) in [6.07, 6.45) is 0.658. The first-order chi connectivity index (χ1) is 11.0. The molecule has 0 atom stereocenters. The van der Waals surface area contributed by atoms with Gasteiger partial charge in [-0.25, -0.2) is 4.98 Å². The van der Waals surface area contributed by atoms with E-state index in [-0.39, 0.29) is 17.2 Å². The summed E-state index contributed by atoms with van der Waals surface area (Å²) in [6.45, 7) is 2.78. The highest BCUT2D eigenvalue weighted by Crippen LogP contribution is 2.36. The van der Waals surface area contributed by atoms with E-state index in [9.17, 15) is 14.9 Å². The molecule has 0 fully saturated rings. The summed E-state index contributed by atoms with van der Waals surface area (Å²) in [5.74, 6) is -0.344. The van der Waals surface area contributed by atoms with Gasteiger partial charge < -0.3 is 11.1 Å². The third-order valence-electron chi connectivity index (χ3n) is 2.88. The van der Waals surface area contributed by atoms with E-state index in [0.717, 1.165) is 10.0 Å². The predicted octanol–water partition coefficient (Wildman–Crippen LogP) is 2.59. The number of amides is 1. The Hall–Kier alpha value is -1.97. The zero-order chi connectivity index (χ0) is 16.8. The summed E-state index contributed by atoms with van der Waals surface area (Å²) in [6, 6.07) is 4.45. The van der Waals surface area contributed by atoms with Gasteiger partial charge in [-0.15, -0.1) is 11.3 Å². The molecule has 1 aromatic heterocycles. The minimum absolute atomic E-state index is 0.102. The van der Waals surface area contributed by atoms with Crippen molar-refractivity contribution >= 4 is 34.7 Å². The number of nitrogens with one attached hydrogen (secondary N) is 1. The Labute approximate surface area is 141 Å². The predicted molar refractivity (Wildman–Crippen MR) is 90.1 cm³/mol. The van der Waals surface area contributed by atoms with Gasteiger partial charge in [0.15, 0.2) is 4.34 Å². The van der Waals surface area contributed by atoms with E-state index in [1.807, 2.05) is 12.3 Å². The lowest BCUT2D eigenvalue weighted by molar-refractivity contribution is -0.387. The fourth-order valence-corrected chi connectivity index (χ4v) is 3.65. The molecule has 0 radical (unpaired) electrons. The number of aromatic nitrogens is 1. The van der Waals surface area contributed by atoms with Crippen LogP contribution >= 0.6 is 23.1 Å². The highest BCUT2D eigenvalue weighted by atomic mass is 32.2. The van der Waals surface area contributed by atoms with Crippen molar-refractivity contribution in [3.63, 3.8) is 0 Å². The smallest absolute Gasteiger partial charge is 0.284 e. The molecule has 23 heavy (non-hydrogen) atoms. The van der Waals surface area contributed by atoms with E-state index in [1.165, 1.54) is 29.2 Å². The molecule has 2 rings (SSSR count). The summed E-state index contributed by atoms with van der Waals surface area (Å²) in [7, 11) is 0. The van der Waals surface area contributed by atoms with Crippen LogP contribution in [0.3, 0.4) is 0 Å². The highest BCUT2D eigenvalue weighted by molar-refractivity contribution is 8.01. The molecule has 2 aromatic rings. The molecule has 0 spiro atoms. The Bertz CT molecular complexity index is 718. The Balaban J connectivity index is 2.20. The second-order valence-corrected chi connectivity index (χ2v) is 6.84. The molecular weight excluding hydrogens is 336 g/mol. The van der Waals surface area contributed by atoms with Crippen LogP contribution in [-0.4, -0.2) is 28.9 Å². The van der Waals surface area contributed by atoms with Gasteiger partial charge in [0.2, 0.25) is 0 Å². The van der Waals surface area contributed by atoms with E-state index < -0.39 is 4.92 Å². The van der Waals surface area contributed by atoms with Crippen molar-refractivity contribution in [2.45, 2.75) is 22.6 Å². The number of nitrogens with zero attached hydrogens (tertiary/aromatic N) is 2. The van der Waals surface area contributed by atoms with Crippen molar-refractivity contribution in [1.82, 2.24) is 10.3 Å². The fourth-order valence-electron chi connectivity index (χ4n) is 1.77. The number of aryl methyl sites for hydroxylation is 1. The van der Waals surface area contributed by atoms with Crippen molar-refractivity contribution in [3.8, 4) is 0 Å². The normalized spacial score (nSPS) is 10.5. The summed E-state index contributed by atoms with van der Waals surface area (Å²) in [5.41, 5.74) is 6.39. The maximum atomic E-state index is 12.0. The number of nitrogens with two attached hydrogens (primary N) is 1. The first kappa shape index (κ1) is 17.4. The lowest BCUT2D eigenvalue weighted by Gasteiger charge is -2.06. The molecule has 0 aliphatic heterocycles. The number of hydrogen-bond acceptors (Lipinski definition) is 7. The molecule has 0 saturated carbocycles. The van der Waals surface area contributed by atoms with Crippen molar-refractivity contribution in [2.75, 3.05) is 13.1 Å². The van der Waals surface area contributed by atoms with Crippen molar-refractivity contribution in [3.05, 3.63) is 45.0 Å². The van der Waals surface area contributed by atoms with Gasteiger partial charge in [0.1, 0.15) is 0 Å². The van der Waals surface area contributed by atoms with Gasteiger partial charge in [-0.1, -0.05) is 11.8 Å². The van der Waals surface area contributed by atoms with Gasteiger partial charge in [0.25, 0.3) is 11.6 Å². The highest BCUT2D eigenvalue weighted by Gasteiger charge is 2.19. The van der Waals surface area contributed by atoms with E-state index in [2.05, 4.69) is 10.3 Å². The summed E-state index contributed by atoms with van der Waals surface area (Å²) < 4.78 is 0.728. The second-order valence-electron chi connectivity index (χ2n) is 4.69. The molecule has 9 heteroatoms. The van der Waals surface area contributed by atoms with Crippen LogP contribution in [0.5, 0.6) is 0 Å². The number of nitro benzene ring substituents is 1. The number of carbonyl (C=O) groups excluding carboxylic acids is 1. The van der Waals surface area contributed by atoms with Crippen molar-refractivity contribution in [2.24, 2.45) is 5.73 Å². The SMILES string of the molecule is Cc1csc(Sc2ccc(C(=O)NCCCN)cc2[N+](=O)[O-])n1. The Morgan fingerprint density at radius 3 is 2.91 bits per heavy atom. The first-order valence-electron chi connectivity index (χ1n) is 6.88. The summed E-state index contributed by atoms with van der Waals surface area (Å²) in [4.78, 5) is 27.5. The molecule has 1 aromatic carbocycles. The van der Waals surface area contributed by atoms with Gasteiger partial charge in [-0.05, 0) is 32.0 Å². The maximum absolute atomic E-state index is 12.0. The minimum Gasteiger partial charge on any atom is -0.352 e. The van der Waals surface area contributed by atoms with Crippen LogP contribution in [0.4, 0.5) is 5.69 Å². The molecule has 7 nitrogen and oxygen atoms in total. The number of nitro groups is 1. The largest absolute Gasteiger partial charge is 0.352 e. The third kappa shape index (κ3) is 4.75. The van der Waals surface area contributed by atoms with E-state index >= 15 is 0 Å². The lowest BCUT2D eigenvalue weighted by Crippen LogP contribution is -2.26. The number of rotatable bonds is 7. The van der Waals surface area contributed by atoms with E-state index in [0.29, 0.717) is 24.4 Å². The molecule has 0 aliphatic carbocycles. The van der Waals surface area contributed by atoms with Gasteiger partial charge >= 0.3 is 0 Å². The average Bonchev–Trinajstić information content (AvgIpc) is 2.92. The molecule has 0 bridgehead atoms. The van der Waals surface area contributed by atoms with Crippen molar-refractivity contribution in [1.29, 1.82) is 0 Å². The van der Waals surface area contributed by atoms with Crippen LogP contribution in [-0.2, 0) is 0 Å². The molecule has 0 aliphatic rings. The molecule has 1 heterocycles. The summed E-state index contributed by atoms with van der Waals surface area (Å²) in [5, 5.41) is 15.8. The second kappa shape index (κ2) is 8.04. The molecular formula is C14H16N4O3S2. The van der Waals surface area contributed by atoms with Crippen LogP contribution in [0.15, 0.2) is 32.8 Å². The number of carbonyl (C=O) groups is 1. The monoisotopic (exact) mass is 352 g/mol. The third-order valence-corrected chi connectivity index (χ3v) is 5.00. The van der Waals surface area contributed by atoms with Crippen LogP contribution in [0.2, 0.25) is 0 Å². The molecule has 0 saturated heterocycles. The minimum atomic E-state index is -0.487. The standard InChI is InChI=1S/C14H16N4O3S2/c1-9-8-22-14(17-9)23-12-4-3-10(7-11(12)18(20)21)13(19)16-6-2-5-15/h3-4,7-8H,2,5-6,15H2,1H3,(H,16,19). The van der Waals surface area contributed by atoms with E-state index in [1.54, 1.807) is 12.1 Å².